The molecule has 0 aliphatic heterocycles. The Kier molecular flexibility index (Phi) is 2.79. The van der Waals surface area contributed by atoms with Crippen molar-refractivity contribution in [2.45, 2.75) is 0 Å². The zero-order chi connectivity index (χ0) is 10.8. The lowest BCUT2D eigenvalue weighted by Gasteiger charge is -1.91. The van der Waals surface area contributed by atoms with Gasteiger partial charge in [0.2, 0.25) is 0 Å². The van der Waals surface area contributed by atoms with Crippen LogP contribution in [-0.4, -0.2) is 21.0 Å². The molecule has 0 amide bonds. The molecule has 0 spiro atoms. The lowest BCUT2D eigenvalue weighted by Crippen LogP contribution is -1.91. The zero-order valence-electron chi connectivity index (χ0n) is 7.35. The van der Waals surface area contributed by atoms with Gasteiger partial charge in [-0.05, 0) is 28.1 Å². The number of hydrogen-bond donors (Lipinski definition) is 1. The molecule has 2 heterocycles. The summed E-state index contributed by atoms with van der Waals surface area (Å²) in [5.41, 5.74) is 0.677. The molecule has 4 nitrogen and oxygen atoms in total. The van der Waals surface area contributed by atoms with Crippen LogP contribution in [0.4, 0.5) is 0 Å². The number of nitrogens with zero attached hydrogens (tertiary/aromatic N) is 2. The van der Waals surface area contributed by atoms with Crippen LogP contribution in [0.2, 0.25) is 0 Å². The number of hydrogen-bond acceptors (Lipinski definition) is 4. The van der Waals surface area contributed by atoms with E-state index in [0.717, 1.165) is 11.3 Å². The largest absolute Gasteiger partial charge is 0.477 e. The van der Waals surface area contributed by atoms with Gasteiger partial charge in [-0.3, -0.25) is 4.98 Å². The van der Waals surface area contributed by atoms with Crippen LogP contribution in [0.5, 0.6) is 0 Å². The molecule has 1 N–H and O–H groups in total. The summed E-state index contributed by atoms with van der Waals surface area (Å²) < 4.78 is 0.348. The molecule has 76 valence electrons. The Balaban J connectivity index is 2.48. The molecule has 15 heavy (non-hydrogen) atoms. The Morgan fingerprint density at radius 1 is 1.47 bits per heavy atom. The van der Waals surface area contributed by atoms with Gasteiger partial charge in [-0.15, -0.1) is 11.3 Å². The molecule has 0 atom stereocenters. The molecule has 0 unspecified atom stereocenters. The molecule has 2 aromatic rings. The topological polar surface area (TPSA) is 63.1 Å². The minimum absolute atomic E-state index is 0.190. The summed E-state index contributed by atoms with van der Waals surface area (Å²) in [5.74, 6) is -0.985. The Hall–Kier alpha value is -1.27. The summed E-state index contributed by atoms with van der Waals surface area (Å²) in [7, 11) is 0. The van der Waals surface area contributed by atoms with Gasteiger partial charge in [-0.1, -0.05) is 6.07 Å². The highest BCUT2D eigenvalue weighted by Crippen LogP contribution is 2.29. The van der Waals surface area contributed by atoms with E-state index in [1.165, 1.54) is 0 Å². The van der Waals surface area contributed by atoms with E-state index in [4.69, 9.17) is 5.11 Å². The van der Waals surface area contributed by atoms with Crippen molar-refractivity contribution in [3.8, 4) is 10.7 Å². The molecule has 6 heteroatoms. The number of carboxylic acids is 1. The zero-order valence-corrected chi connectivity index (χ0v) is 9.75. The molecule has 0 fully saturated rings. The van der Waals surface area contributed by atoms with E-state index in [1.54, 1.807) is 18.3 Å². The van der Waals surface area contributed by atoms with E-state index in [9.17, 15) is 4.79 Å². The standard InChI is InChI=1S/C9H5BrN2O2S/c10-7-6(9(13)14)15-8(12-7)5-3-1-2-4-11-5/h1-4H,(H,13,14). The molecular formula is C9H5BrN2O2S. The number of aromatic carboxylic acids is 1. The molecule has 2 aromatic heterocycles. The third-order valence-electron chi connectivity index (χ3n) is 1.66. The summed E-state index contributed by atoms with van der Waals surface area (Å²) in [6, 6.07) is 5.42. The van der Waals surface area contributed by atoms with E-state index in [2.05, 4.69) is 25.9 Å². The highest BCUT2D eigenvalue weighted by atomic mass is 79.9. The maximum Gasteiger partial charge on any atom is 0.348 e. The van der Waals surface area contributed by atoms with Crippen molar-refractivity contribution < 1.29 is 9.90 Å². The Morgan fingerprint density at radius 2 is 2.27 bits per heavy atom. The first-order chi connectivity index (χ1) is 7.18. The van der Waals surface area contributed by atoms with E-state index in [0.29, 0.717) is 15.3 Å². The molecule has 0 aromatic carbocycles. The summed E-state index contributed by atoms with van der Waals surface area (Å²) in [6.45, 7) is 0. The maximum absolute atomic E-state index is 10.8. The van der Waals surface area contributed by atoms with Gasteiger partial charge in [0.15, 0.2) is 0 Å². The predicted octanol–water partition coefficient (Wildman–Crippen LogP) is 2.67. The number of carboxylic acid groups (broad SMARTS) is 1. The normalized spacial score (nSPS) is 10.2. The van der Waals surface area contributed by atoms with Gasteiger partial charge in [0.05, 0.1) is 5.69 Å². The molecule has 2 rings (SSSR count). The summed E-state index contributed by atoms with van der Waals surface area (Å²) in [6.07, 6.45) is 1.64. The van der Waals surface area contributed by atoms with Gasteiger partial charge in [0, 0.05) is 6.20 Å². The molecular weight excluding hydrogens is 280 g/mol. The highest BCUT2D eigenvalue weighted by Gasteiger charge is 2.16. The molecule has 0 aliphatic carbocycles. The van der Waals surface area contributed by atoms with Crippen LogP contribution in [0.15, 0.2) is 29.0 Å². The number of rotatable bonds is 2. The number of thiazole rings is 1. The maximum atomic E-state index is 10.8. The minimum Gasteiger partial charge on any atom is -0.477 e. The van der Waals surface area contributed by atoms with Crippen LogP contribution in [0.25, 0.3) is 10.7 Å². The lowest BCUT2D eigenvalue weighted by molar-refractivity contribution is 0.0701. The van der Waals surface area contributed by atoms with Crippen molar-refractivity contribution in [2.75, 3.05) is 0 Å². The second-order valence-corrected chi connectivity index (χ2v) is 4.41. The van der Waals surface area contributed by atoms with Crippen molar-refractivity contribution in [1.29, 1.82) is 0 Å². The number of pyridine rings is 1. The number of aromatic nitrogens is 2. The van der Waals surface area contributed by atoms with Gasteiger partial charge in [0.25, 0.3) is 0 Å². The van der Waals surface area contributed by atoms with Crippen molar-refractivity contribution in [1.82, 2.24) is 9.97 Å². The molecule has 0 radical (unpaired) electrons. The van der Waals surface area contributed by atoms with Gasteiger partial charge >= 0.3 is 5.97 Å². The van der Waals surface area contributed by atoms with E-state index >= 15 is 0 Å². The van der Waals surface area contributed by atoms with Crippen LogP contribution in [0.3, 0.4) is 0 Å². The summed E-state index contributed by atoms with van der Waals surface area (Å²) >= 11 is 4.21. The number of carbonyl (C=O) groups is 1. The van der Waals surface area contributed by atoms with Crippen LogP contribution in [-0.2, 0) is 0 Å². The predicted molar refractivity (Wildman–Crippen MR) is 60.0 cm³/mol. The fourth-order valence-electron chi connectivity index (χ4n) is 1.03. The minimum atomic E-state index is -0.985. The highest BCUT2D eigenvalue weighted by molar-refractivity contribution is 9.10. The van der Waals surface area contributed by atoms with Crippen LogP contribution in [0, 0.1) is 0 Å². The van der Waals surface area contributed by atoms with Gasteiger partial charge in [-0.25, -0.2) is 9.78 Å². The third kappa shape index (κ3) is 2.05. The Morgan fingerprint density at radius 3 is 2.80 bits per heavy atom. The first-order valence-corrected chi connectivity index (χ1v) is 5.60. The van der Waals surface area contributed by atoms with Crippen LogP contribution >= 0.6 is 27.3 Å². The fourth-order valence-corrected chi connectivity index (χ4v) is 2.51. The number of halogens is 1. The van der Waals surface area contributed by atoms with Crippen molar-refractivity contribution in [3.63, 3.8) is 0 Å². The molecule has 0 aliphatic rings. The van der Waals surface area contributed by atoms with Crippen molar-refractivity contribution in [3.05, 3.63) is 33.9 Å². The SMILES string of the molecule is O=C(O)c1sc(-c2ccccn2)nc1Br. The second kappa shape index (κ2) is 4.08. The molecule has 0 bridgehead atoms. The third-order valence-corrected chi connectivity index (χ3v) is 3.57. The first kappa shape index (κ1) is 10.3. The second-order valence-electron chi connectivity index (χ2n) is 2.66. The average molecular weight is 285 g/mol. The smallest absolute Gasteiger partial charge is 0.348 e. The molecule has 0 saturated heterocycles. The summed E-state index contributed by atoms with van der Waals surface area (Å²) in [4.78, 5) is 19.2. The monoisotopic (exact) mass is 284 g/mol. The quantitative estimate of drug-likeness (QED) is 0.921. The van der Waals surface area contributed by atoms with Gasteiger partial charge in [-0.2, -0.15) is 0 Å². The average Bonchev–Trinajstić information content (AvgIpc) is 2.62. The molecule has 0 saturated carbocycles. The van der Waals surface area contributed by atoms with Gasteiger partial charge < -0.3 is 5.11 Å². The fraction of sp³-hybridized carbons (Fsp3) is 0. The van der Waals surface area contributed by atoms with Crippen LogP contribution < -0.4 is 0 Å². The summed E-state index contributed by atoms with van der Waals surface area (Å²) in [5, 5.41) is 9.44. The van der Waals surface area contributed by atoms with E-state index in [-0.39, 0.29) is 4.88 Å². The van der Waals surface area contributed by atoms with Crippen molar-refractivity contribution in [2.24, 2.45) is 0 Å². The van der Waals surface area contributed by atoms with E-state index < -0.39 is 5.97 Å². The lowest BCUT2D eigenvalue weighted by atomic mass is 10.4. The Labute approximate surface area is 97.8 Å². The Bertz CT molecular complexity index is 498. The van der Waals surface area contributed by atoms with Crippen LogP contribution in [0.1, 0.15) is 9.67 Å². The first-order valence-electron chi connectivity index (χ1n) is 3.99. The van der Waals surface area contributed by atoms with Gasteiger partial charge in [0.1, 0.15) is 14.5 Å². The van der Waals surface area contributed by atoms with Crippen molar-refractivity contribution >= 4 is 33.2 Å². The van der Waals surface area contributed by atoms with E-state index in [1.807, 2.05) is 6.07 Å².